The van der Waals surface area contributed by atoms with E-state index < -0.39 is 0 Å². The Morgan fingerprint density at radius 3 is 2.42 bits per heavy atom. The fraction of sp³-hybridized carbons (Fsp3) is 0.115. The average molecular weight is 471 g/mol. The summed E-state index contributed by atoms with van der Waals surface area (Å²) >= 11 is 2.99. The first-order chi connectivity index (χ1) is 16.3. The number of carbonyl (C=O) groups is 1. The summed E-state index contributed by atoms with van der Waals surface area (Å²) in [7, 11) is 0. The van der Waals surface area contributed by atoms with Gasteiger partial charge in [0.1, 0.15) is 0 Å². The smallest absolute Gasteiger partial charge is 0.204 e. The molecule has 0 atom stereocenters. The fourth-order valence-corrected chi connectivity index (χ4v) is 5.41. The van der Waals surface area contributed by atoms with Crippen LogP contribution in [-0.2, 0) is 13.1 Å². The molecule has 7 heteroatoms. The first-order valence-corrected chi connectivity index (χ1v) is 12.4. The second-order valence-electron chi connectivity index (χ2n) is 7.56. The van der Waals surface area contributed by atoms with Crippen LogP contribution in [0.25, 0.3) is 10.9 Å². The van der Waals surface area contributed by atoms with Crippen molar-refractivity contribution in [3.8, 4) is 0 Å². The molecule has 33 heavy (non-hydrogen) atoms. The Labute approximate surface area is 199 Å². The summed E-state index contributed by atoms with van der Waals surface area (Å²) in [5.41, 5.74) is 4.01. The molecular weight excluding hydrogens is 448 g/mol. The average Bonchev–Trinajstić information content (AvgIpc) is 3.46. The van der Waals surface area contributed by atoms with Crippen LogP contribution in [0, 0.1) is 0 Å². The van der Waals surface area contributed by atoms with Gasteiger partial charge in [-0.25, -0.2) is 4.68 Å². The van der Waals surface area contributed by atoms with Crippen LogP contribution < -0.4 is 4.80 Å². The van der Waals surface area contributed by atoms with Gasteiger partial charge in [0.25, 0.3) is 0 Å². The van der Waals surface area contributed by atoms with E-state index in [1.165, 1.54) is 23.1 Å². The lowest BCUT2D eigenvalue weighted by molar-refractivity contribution is 0.102. The molecule has 0 unspecified atom stereocenters. The van der Waals surface area contributed by atoms with Gasteiger partial charge >= 0.3 is 0 Å². The number of aromatic amines is 1. The van der Waals surface area contributed by atoms with Crippen molar-refractivity contribution >= 4 is 39.8 Å². The molecule has 0 aliphatic heterocycles. The molecule has 5 rings (SSSR count). The zero-order chi connectivity index (χ0) is 22.5. The molecule has 3 aromatic carbocycles. The number of hydrogen-bond donors (Lipinski definition) is 1. The van der Waals surface area contributed by atoms with Crippen LogP contribution in [-0.4, -0.2) is 26.3 Å². The minimum Gasteiger partial charge on any atom is -0.360 e. The Hall–Kier alpha value is -3.42. The molecule has 2 aromatic heterocycles. The molecule has 2 heterocycles. The summed E-state index contributed by atoms with van der Waals surface area (Å²) in [5, 5.41) is 5.74. The normalized spacial score (nSPS) is 11.8. The van der Waals surface area contributed by atoms with Gasteiger partial charge in [0.15, 0.2) is 10.1 Å². The standard InChI is InChI=1S/C26H22N4OS2/c31-24(22-16-27-23-14-8-7-13-21(22)23)18-32-26-29-30(17-20-11-5-2-6-12-20)25(33-26)28-15-19-9-3-1-4-10-19/h1-14,16,27H,15,17-18H2. The van der Waals surface area contributed by atoms with Crippen LogP contribution in [0.15, 0.2) is 100 Å². The number of thioether (sulfide) groups is 1. The summed E-state index contributed by atoms with van der Waals surface area (Å²) in [6, 6.07) is 28.3. The van der Waals surface area contributed by atoms with Crippen LogP contribution in [0.1, 0.15) is 21.5 Å². The lowest BCUT2D eigenvalue weighted by Gasteiger charge is -2.02. The van der Waals surface area contributed by atoms with E-state index in [4.69, 9.17) is 10.1 Å². The second-order valence-corrected chi connectivity index (χ2v) is 9.73. The van der Waals surface area contributed by atoms with Crippen LogP contribution >= 0.6 is 23.1 Å². The molecule has 0 aliphatic rings. The lowest BCUT2D eigenvalue weighted by atomic mass is 10.1. The predicted octanol–water partition coefficient (Wildman–Crippen LogP) is 5.55. The van der Waals surface area contributed by atoms with Crippen molar-refractivity contribution in [2.45, 2.75) is 17.4 Å². The maximum Gasteiger partial charge on any atom is 0.204 e. The molecule has 164 valence electrons. The third-order valence-electron chi connectivity index (χ3n) is 5.23. The number of H-pyrrole nitrogens is 1. The Morgan fingerprint density at radius 1 is 0.939 bits per heavy atom. The number of rotatable bonds is 8. The zero-order valence-corrected chi connectivity index (χ0v) is 19.5. The molecule has 1 N–H and O–H groups in total. The third kappa shape index (κ3) is 5.16. The highest BCUT2D eigenvalue weighted by atomic mass is 32.2. The highest BCUT2D eigenvalue weighted by Gasteiger charge is 2.14. The number of aromatic nitrogens is 3. The molecule has 0 bridgehead atoms. The summed E-state index contributed by atoms with van der Waals surface area (Å²) in [6.07, 6.45) is 1.80. The molecule has 0 spiro atoms. The number of benzene rings is 3. The van der Waals surface area contributed by atoms with Gasteiger partial charge in [-0.1, -0.05) is 102 Å². The van der Waals surface area contributed by atoms with Crippen molar-refractivity contribution in [2.75, 3.05) is 5.75 Å². The van der Waals surface area contributed by atoms with Crippen molar-refractivity contribution in [1.82, 2.24) is 14.8 Å². The van der Waals surface area contributed by atoms with E-state index in [1.54, 1.807) is 6.20 Å². The third-order valence-corrected chi connectivity index (χ3v) is 7.35. The number of nitrogens with zero attached hydrogens (tertiary/aromatic N) is 3. The van der Waals surface area contributed by atoms with Crippen LogP contribution in [0.4, 0.5) is 0 Å². The molecule has 0 amide bonds. The van der Waals surface area contributed by atoms with Gasteiger partial charge in [0.2, 0.25) is 4.80 Å². The highest BCUT2D eigenvalue weighted by Crippen LogP contribution is 2.23. The second kappa shape index (κ2) is 10.0. The van der Waals surface area contributed by atoms with E-state index in [1.807, 2.05) is 65.3 Å². The number of fused-ring (bicyclic) bond motifs is 1. The SMILES string of the molecule is O=C(CSc1nn(Cc2ccccc2)c(=NCc2ccccc2)s1)c1c[nH]c2ccccc12. The van der Waals surface area contributed by atoms with Crippen LogP contribution in [0.2, 0.25) is 0 Å². The summed E-state index contributed by atoms with van der Waals surface area (Å²) in [5.74, 6) is 0.420. The first-order valence-electron chi connectivity index (χ1n) is 10.6. The number of hydrogen-bond acceptors (Lipinski definition) is 5. The molecule has 0 aliphatic carbocycles. The van der Waals surface area contributed by atoms with E-state index in [9.17, 15) is 4.79 Å². The Morgan fingerprint density at radius 2 is 1.64 bits per heavy atom. The van der Waals surface area contributed by atoms with E-state index in [0.717, 1.165) is 36.7 Å². The Kier molecular flexibility index (Phi) is 6.51. The van der Waals surface area contributed by atoms with Gasteiger partial charge in [-0.15, -0.1) is 0 Å². The van der Waals surface area contributed by atoms with Crippen molar-refractivity contribution in [1.29, 1.82) is 0 Å². The van der Waals surface area contributed by atoms with Crippen molar-refractivity contribution in [3.63, 3.8) is 0 Å². The minimum absolute atomic E-state index is 0.0880. The molecule has 0 radical (unpaired) electrons. The van der Waals surface area contributed by atoms with Crippen molar-refractivity contribution in [2.24, 2.45) is 4.99 Å². The van der Waals surface area contributed by atoms with Gasteiger partial charge in [-0.05, 0) is 17.2 Å². The molecule has 0 saturated carbocycles. The Balaban J connectivity index is 1.37. The predicted molar refractivity (Wildman–Crippen MR) is 135 cm³/mol. The van der Waals surface area contributed by atoms with Gasteiger partial charge in [0, 0.05) is 22.7 Å². The van der Waals surface area contributed by atoms with Crippen molar-refractivity contribution in [3.05, 3.63) is 113 Å². The monoisotopic (exact) mass is 470 g/mol. The molecule has 0 fully saturated rings. The summed E-state index contributed by atoms with van der Waals surface area (Å²) in [4.78, 5) is 21.7. The first kappa shape index (κ1) is 21.4. The van der Waals surface area contributed by atoms with E-state index in [-0.39, 0.29) is 5.78 Å². The van der Waals surface area contributed by atoms with Gasteiger partial charge in [0.05, 0.1) is 18.8 Å². The summed E-state index contributed by atoms with van der Waals surface area (Å²) < 4.78 is 2.77. The topological polar surface area (TPSA) is 63.0 Å². The van der Waals surface area contributed by atoms with Gasteiger partial charge in [-0.2, -0.15) is 5.10 Å². The molecule has 5 nitrogen and oxygen atoms in total. The number of para-hydroxylation sites is 1. The molecule has 0 saturated heterocycles. The van der Waals surface area contributed by atoms with Crippen molar-refractivity contribution < 1.29 is 4.79 Å². The van der Waals surface area contributed by atoms with Gasteiger partial charge in [-0.3, -0.25) is 9.79 Å². The number of carbonyl (C=O) groups excluding carboxylic acids is 1. The quantitative estimate of drug-likeness (QED) is 0.239. The summed E-state index contributed by atoms with van der Waals surface area (Å²) in [6.45, 7) is 1.23. The molecule has 5 aromatic rings. The number of ketones is 1. The number of nitrogens with one attached hydrogen (secondary N) is 1. The lowest BCUT2D eigenvalue weighted by Crippen LogP contribution is -2.17. The molecular formula is C26H22N4OS2. The largest absolute Gasteiger partial charge is 0.360 e. The van der Waals surface area contributed by atoms with Gasteiger partial charge < -0.3 is 4.98 Å². The van der Waals surface area contributed by atoms with E-state index >= 15 is 0 Å². The Bertz CT molecular complexity index is 1440. The number of Topliss-reactive ketones (excluding diaryl/α,β-unsaturated/α-hetero) is 1. The zero-order valence-electron chi connectivity index (χ0n) is 17.8. The minimum atomic E-state index is 0.0880. The van der Waals surface area contributed by atoms with Crippen LogP contribution in [0.3, 0.4) is 0 Å². The van der Waals surface area contributed by atoms with E-state index in [0.29, 0.717) is 18.8 Å². The maximum absolute atomic E-state index is 12.9. The van der Waals surface area contributed by atoms with Crippen LogP contribution in [0.5, 0.6) is 0 Å². The maximum atomic E-state index is 12.9. The fourth-order valence-electron chi connectivity index (χ4n) is 3.57. The van der Waals surface area contributed by atoms with E-state index in [2.05, 4.69) is 29.2 Å². The highest BCUT2D eigenvalue weighted by molar-refractivity contribution is 8.01.